The predicted molar refractivity (Wildman–Crippen MR) is 92.0 cm³/mol. The van der Waals surface area contributed by atoms with Crippen LogP contribution in [0.15, 0.2) is 24.9 Å². The van der Waals surface area contributed by atoms with Crippen LogP contribution in [0, 0.1) is 0 Å². The van der Waals surface area contributed by atoms with E-state index in [1.165, 1.54) is 0 Å². The van der Waals surface area contributed by atoms with Gasteiger partial charge in [0, 0.05) is 30.9 Å². The van der Waals surface area contributed by atoms with Crippen LogP contribution in [0.3, 0.4) is 0 Å². The van der Waals surface area contributed by atoms with Gasteiger partial charge in [0.15, 0.2) is 5.65 Å². The smallest absolute Gasteiger partial charge is 0.160 e. The number of nitrogens with one attached hydrogen (secondary N) is 2. The van der Waals surface area contributed by atoms with Crippen LogP contribution in [0.25, 0.3) is 11.0 Å². The summed E-state index contributed by atoms with van der Waals surface area (Å²) < 4.78 is 0. The lowest BCUT2D eigenvalue weighted by Crippen LogP contribution is -2.39. The number of hydrogen-bond donors (Lipinski definition) is 2. The third-order valence-electron chi connectivity index (χ3n) is 4.48. The molecule has 1 saturated heterocycles. The first kappa shape index (κ1) is 14.8. The van der Waals surface area contributed by atoms with E-state index in [0.29, 0.717) is 6.04 Å². The highest BCUT2D eigenvalue weighted by molar-refractivity contribution is 5.85. The fourth-order valence-corrected chi connectivity index (χ4v) is 3.08. The zero-order chi connectivity index (χ0) is 16.4. The van der Waals surface area contributed by atoms with Gasteiger partial charge in [-0.2, -0.15) is 5.10 Å². The van der Waals surface area contributed by atoms with Crippen LogP contribution >= 0.6 is 0 Å². The van der Waals surface area contributed by atoms with E-state index in [0.717, 1.165) is 60.7 Å². The van der Waals surface area contributed by atoms with Gasteiger partial charge in [-0.15, -0.1) is 0 Å². The van der Waals surface area contributed by atoms with Crippen molar-refractivity contribution in [2.75, 3.05) is 23.3 Å². The Labute approximate surface area is 139 Å². The van der Waals surface area contributed by atoms with Crippen molar-refractivity contribution in [3.8, 4) is 0 Å². The van der Waals surface area contributed by atoms with Crippen LogP contribution in [-0.4, -0.2) is 49.3 Å². The van der Waals surface area contributed by atoms with Gasteiger partial charge in [0.1, 0.15) is 24.3 Å². The van der Waals surface area contributed by atoms with Crippen LogP contribution in [0.5, 0.6) is 0 Å². The Morgan fingerprint density at radius 3 is 2.83 bits per heavy atom. The largest absolute Gasteiger partial charge is 0.366 e. The molecule has 3 aromatic rings. The maximum Gasteiger partial charge on any atom is 0.160 e. The van der Waals surface area contributed by atoms with Crippen molar-refractivity contribution in [3.05, 3.63) is 30.6 Å². The molecule has 2 N–H and O–H groups in total. The summed E-state index contributed by atoms with van der Waals surface area (Å²) in [6, 6.07) is 2.48. The van der Waals surface area contributed by atoms with Crippen molar-refractivity contribution in [2.24, 2.45) is 0 Å². The van der Waals surface area contributed by atoms with Crippen molar-refractivity contribution in [1.82, 2.24) is 30.1 Å². The molecule has 3 aromatic heterocycles. The standard InChI is InChI=1S/C16H20N8/c1-2-11-7-14(18-9-17-11)24-5-3-12(4-6-24)22-15-13-8-21-23-16(13)20-10-19-15/h7-10,12H,2-6H2,1H3,(H2,19,20,21,22,23). The molecule has 1 fully saturated rings. The Morgan fingerprint density at radius 1 is 1.17 bits per heavy atom. The number of aromatic nitrogens is 6. The van der Waals surface area contributed by atoms with Crippen LogP contribution in [0.2, 0.25) is 0 Å². The molecule has 8 heteroatoms. The summed E-state index contributed by atoms with van der Waals surface area (Å²) in [4.78, 5) is 19.5. The summed E-state index contributed by atoms with van der Waals surface area (Å²) in [5, 5.41) is 11.4. The van der Waals surface area contributed by atoms with Gasteiger partial charge in [-0.25, -0.2) is 19.9 Å². The number of anilines is 2. The van der Waals surface area contributed by atoms with Crippen LogP contribution in [0.1, 0.15) is 25.5 Å². The van der Waals surface area contributed by atoms with Crippen molar-refractivity contribution < 1.29 is 0 Å². The van der Waals surface area contributed by atoms with Gasteiger partial charge >= 0.3 is 0 Å². The van der Waals surface area contributed by atoms with Crippen molar-refractivity contribution in [3.63, 3.8) is 0 Å². The first-order chi connectivity index (χ1) is 11.8. The van der Waals surface area contributed by atoms with Crippen LogP contribution in [-0.2, 0) is 6.42 Å². The molecule has 4 rings (SSSR count). The number of piperidine rings is 1. The van der Waals surface area contributed by atoms with E-state index in [4.69, 9.17) is 0 Å². The van der Waals surface area contributed by atoms with Crippen LogP contribution in [0.4, 0.5) is 11.6 Å². The number of aryl methyl sites for hydroxylation is 1. The second kappa shape index (κ2) is 6.38. The van der Waals surface area contributed by atoms with Gasteiger partial charge < -0.3 is 10.2 Å². The average Bonchev–Trinajstić information content (AvgIpc) is 3.12. The lowest BCUT2D eigenvalue weighted by molar-refractivity contribution is 0.522. The average molecular weight is 324 g/mol. The summed E-state index contributed by atoms with van der Waals surface area (Å²) >= 11 is 0. The van der Waals surface area contributed by atoms with Crippen molar-refractivity contribution in [1.29, 1.82) is 0 Å². The van der Waals surface area contributed by atoms with Gasteiger partial charge in [-0.05, 0) is 19.3 Å². The van der Waals surface area contributed by atoms with Gasteiger partial charge in [0.05, 0.1) is 11.6 Å². The highest BCUT2D eigenvalue weighted by atomic mass is 15.2. The monoisotopic (exact) mass is 324 g/mol. The third-order valence-corrected chi connectivity index (χ3v) is 4.48. The number of fused-ring (bicyclic) bond motifs is 1. The SMILES string of the molecule is CCc1cc(N2CCC(Nc3ncnc4[nH]ncc34)CC2)ncn1. The second-order valence-electron chi connectivity index (χ2n) is 5.98. The van der Waals surface area contributed by atoms with Crippen molar-refractivity contribution in [2.45, 2.75) is 32.2 Å². The minimum Gasteiger partial charge on any atom is -0.366 e. The number of aromatic amines is 1. The Kier molecular flexibility index (Phi) is 3.94. The molecule has 0 spiro atoms. The van der Waals surface area contributed by atoms with Gasteiger partial charge in [-0.1, -0.05) is 6.92 Å². The molecule has 0 aromatic carbocycles. The first-order valence-corrected chi connectivity index (χ1v) is 8.30. The quantitative estimate of drug-likeness (QED) is 0.755. The fraction of sp³-hybridized carbons (Fsp3) is 0.438. The van der Waals surface area contributed by atoms with E-state index in [-0.39, 0.29) is 0 Å². The van der Waals surface area contributed by atoms with E-state index in [1.807, 2.05) is 0 Å². The lowest BCUT2D eigenvalue weighted by atomic mass is 10.0. The Hall–Kier alpha value is -2.77. The summed E-state index contributed by atoms with van der Waals surface area (Å²) in [5.41, 5.74) is 1.85. The van der Waals surface area contributed by atoms with Gasteiger partial charge in [0.2, 0.25) is 0 Å². The van der Waals surface area contributed by atoms with Gasteiger partial charge in [-0.3, -0.25) is 5.10 Å². The Balaban J connectivity index is 1.42. The molecule has 4 heterocycles. The minimum atomic E-state index is 0.390. The number of rotatable bonds is 4. The topological polar surface area (TPSA) is 95.5 Å². The summed E-state index contributed by atoms with van der Waals surface area (Å²) in [5.74, 6) is 1.88. The molecule has 1 aliphatic rings. The zero-order valence-electron chi connectivity index (χ0n) is 13.6. The highest BCUT2D eigenvalue weighted by Gasteiger charge is 2.21. The van der Waals surface area contributed by atoms with E-state index in [1.54, 1.807) is 18.9 Å². The number of hydrogen-bond acceptors (Lipinski definition) is 7. The fourth-order valence-electron chi connectivity index (χ4n) is 3.08. The summed E-state index contributed by atoms with van der Waals surface area (Å²) in [6.07, 6.45) is 7.99. The summed E-state index contributed by atoms with van der Waals surface area (Å²) in [7, 11) is 0. The highest BCUT2D eigenvalue weighted by Crippen LogP contribution is 2.23. The molecule has 0 radical (unpaired) electrons. The zero-order valence-corrected chi connectivity index (χ0v) is 13.6. The first-order valence-electron chi connectivity index (χ1n) is 8.30. The molecule has 0 atom stereocenters. The van der Waals surface area contributed by atoms with E-state index in [9.17, 15) is 0 Å². The minimum absolute atomic E-state index is 0.390. The molecule has 0 aliphatic carbocycles. The maximum atomic E-state index is 4.42. The third kappa shape index (κ3) is 2.86. The second-order valence-corrected chi connectivity index (χ2v) is 5.98. The molecule has 0 saturated carbocycles. The van der Waals surface area contributed by atoms with E-state index < -0.39 is 0 Å². The number of H-pyrrole nitrogens is 1. The predicted octanol–water partition coefficient (Wildman–Crippen LogP) is 1.79. The van der Waals surface area contributed by atoms with E-state index in [2.05, 4.69) is 53.3 Å². The molecule has 0 unspecified atom stereocenters. The molecular weight excluding hydrogens is 304 g/mol. The van der Waals surface area contributed by atoms with E-state index >= 15 is 0 Å². The number of nitrogens with zero attached hydrogens (tertiary/aromatic N) is 6. The molecule has 1 aliphatic heterocycles. The molecular formula is C16H20N8. The molecule has 8 nitrogen and oxygen atoms in total. The molecule has 124 valence electrons. The van der Waals surface area contributed by atoms with Crippen LogP contribution < -0.4 is 10.2 Å². The maximum absolute atomic E-state index is 4.42. The lowest BCUT2D eigenvalue weighted by Gasteiger charge is -2.33. The Bertz CT molecular complexity index is 822. The van der Waals surface area contributed by atoms with Gasteiger partial charge in [0.25, 0.3) is 0 Å². The normalized spacial score (nSPS) is 15.8. The molecule has 0 amide bonds. The Morgan fingerprint density at radius 2 is 2.00 bits per heavy atom. The summed E-state index contributed by atoms with van der Waals surface area (Å²) in [6.45, 7) is 4.05. The molecule has 0 bridgehead atoms. The molecule has 24 heavy (non-hydrogen) atoms. The van der Waals surface area contributed by atoms with Crippen molar-refractivity contribution >= 4 is 22.7 Å².